The lowest BCUT2D eigenvalue weighted by Crippen LogP contribution is -2.29. The number of carbonyl (C=O) groups excluding carboxylic acids is 1. The van der Waals surface area contributed by atoms with Gasteiger partial charge < -0.3 is 10.4 Å². The normalized spacial score (nSPS) is 12.1. The summed E-state index contributed by atoms with van der Waals surface area (Å²) in [4.78, 5) is 42.1. The van der Waals surface area contributed by atoms with E-state index in [1.54, 1.807) is 13.8 Å². The molecule has 0 radical (unpaired) electrons. The predicted octanol–water partition coefficient (Wildman–Crippen LogP) is 3.67. The minimum absolute atomic E-state index is 0.256. The van der Waals surface area contributed by atoms with Crippen molar-refractivity contribution in [3.8, 4) is 0 Å². The van der Waals surface area contributed by atoms with Gasteiger partial charge in [0.25, 0.3) is 11.5 Å². The summed E-state index contributed by atoms with van der Waals surface area (Å²) in [5.41, 5.74) is 2.81. The Labute approximate surface area is 165 Å². The third-order valence-electron chi connectivity index (χ3n) is 4.72. The van der Waals surface area contributed by atoms with Crippen molar-refractivity contribution in [3.63, 3.8) is 0 Å². The minimum atomic E-state index is -1.09. The lowest BCUT2D eigenvalue weighted by Gasteiger charge is -2.12. The van der Waals surface area contributed by atoms with Crippen LogP contribution in [0.15, 0.2) is 29.3 Å². The molecule has 1 aromatic carbocycles. The number of carboxylic acid groups (broad SMARTS) is 1. The van der Waals surface area contributed by atoms with Crippen molar-refractivity contribution in [1.29, 1.82) is 0 Å². The molecule has 0 spiro atoms. The number of aryl methyl sites for hydroxylation is 3. The summed E-state index contributed by atoms with van der Waals surface area (Å²) in [7, 11) is 0. The Hall–Kier alpha value is -3.00. The van der Waals surface area contributed by atoms with Crippen molar-refractivity contribution < 1.29 is 14.7 Å². The number of anilines is 1. The Morgan fingerprint density at radius 3 is 2.61 bits per heavy atom. The standard InChI is InChI=1S/C20H21N3O4S/c1-5-14(20(26)27)23-9-21-18-15(19(23)25)12(4)16(28-18)17(24)22-13-7-6-10(2)8-11(13)3/h6-9,14H,5H2,1-4H3,(H,22,24)(H,26,27). The lowest BCUT2D eigenvalue weighted by atomic mass is 10.1. The molecule has 0 aliphatic rings. The summed E-state index contributed by atoms with van der Waals surface area (Å²) in [6, 6.07) is 4.74. The molecule has 2 heterocycles. The Kier molecular flexibility index (Phi) is 5.33. The highest BCUT2D eigenvalue weighted by Gasteiger charge is 2.24. The van der Waals surface area contributed by atoms with Gasteiger partial charge in [-0.2, -0.15) is 0 Å². The molecule has 1 unspecified atom stereocenters. The summed E-state index contributed by atoms with van der Waals surface area (Å²) in [5.74, 6) is -1.41. The Morgan fingerprint density at radius 2 is 2.00 bits per heavy atom. The quantitative estimate of drug-likeness (QED) is 0.682. The fraction of sp³-hybridized carbons (Fsp3) is 0.300. The summed E-state index contributed by atoms with van der Waals surface area (Å²) in [6.45, 7) is 7.27. The van der Waals surface area contributed by atoms with E-state index in [0.717, 1.165) is 27.0 Å². The Morgan fingerprint density at radius 1 is 1.29 bits per heavy atom. The number of carboxylic acids is 1. The van der Waals surface area contributed by atoms with Gasteiger partial charge in [0.05, 0.1) is 16.6 Å². The Bertz CT molecular complexity index is 1150. The predicted molar refractivity (Wildman–Crippen MR) is 109 cm³/mol. The van der Waals surface area contributed by atoms with Crippen molar-refractivity contribution >= 4 is 39.1 Å². The number of benzene rings is 1. The second kappa shape index (κ2) is 7.55. The van der Waals surface area contributed by atoms with Crippen LogP contribution in [0.5, 0.6) is 0 Å². The second-order valence-electron chi connectivity index (χ2n) is 6.73. The van der Waals surface area contributed by atoms with Crippen LogP contribution in [-0.2, 0) is 4.79 Å². The van der Waals surface area contributed by atoms with Gasteiger partial charge >= 0.3 is 5.97 Å². The first-order chi connectivity index (χ1) is 13.2. The average molecular weight is 399 g/mol. The fourth-order valence-electron chi connectivity index (χ4n) is 3.20. The van der Waals surface area contributed by atoms with Gasteiger partial charge in [0.15, 0.2) is 0 Å². The number of aromatic nitrogens is 2. The zero-order valence-electron chi connectivity index (χ0n) is 16.1. The molecule has 7 nitrogen and oxygen atoms in total. The SMILES string of the molecule is CCC(C(=O)O)n1cnc2sc(C(=O)Nc3ccc(C)cc3C)c(C)c2c1=O. The number of rotatable bonds is 5. The van der Waals surface area contributed by atoms with Gasteiger partial charge in [-0.05, 0) is 44.4 Å². The third-order valence-corrected chi connectivity index (χ3v) is 5.92. The van der Waals surface area contributed by atoms with Crippen LogP contribution in [-0.4, -0.2) is 26.5 Å². The first-order valence-corrected chi connectivity index (χ1v) is 9.67. The molecule has 0 aliphatic carbocycles. The molecule has 3 rings (SSSR count). The molecule has 1 atom stereocenters. The van der Waals surface area contributed by atoms with Crippen LogP contribution in [0.3, 0.4) is 0 Å². The Balaban J connectivity index is 2.04. The monoisotopic (exact) mass is 399 g/mol. The van der Waals surface area contributed by atoms with Gasteiger partial charge in [0.1, 0.15) is 10.9 Å². The van der Waals surface area contributed by atoms with Crippen LogP contribution in [0.2, 0.25) is 0 Å². The maximum Gasteiger partial charge on any atom is 0.326 e. The van der Waals surface area contributed by atoms with E-state index in [1.807, 2.05) is 32.0 Å². The molecule has 0 aliphatic heterocycles. The van der Waals surface area contributed by atoms with Crippen molar-refractivity contribution in [2.45, 2.75) is 40.2 Å². The van der Waals surface area contributed by atoms with Crippen molar-refractivity contribution in [2.24, 2.45) is 0 Å². The van der Waals surface area contributed by atoms with E-state index in [1.165, 1.54) is 6.33 Å². The topological polar surface area (TPSA) is 101 Å². The number of hydrogen-bond acceptors (Lipinski definition) is 5. The molecule has 8 heteroatoms. The van der Waals surface area contributed by atoms with Gasteiger partial charge in [0.2, 0.25) is 0 Å². The molecule has 1 amide bonds. The number of nitrogens with zero attached hydrogens (tertiary/aromatic N) is 2. The van der Waals surface area contributed by atoms with E-state index in [0.29, 0.717) is 21.0 Å². The van der Waals surface area contributed by atoms with E-state index in [9.17, 15) is 19.5 Å². The molecule has 0 saturated carbocycles. The smallest absolute Gasteiger partial charge is 0.326 e. The van der Waals surface area contributed by atoms with Crippen LogP contribution in [0.25, 0.3) is 10.2 Å². The van der Waals surface area contributed by atoms with Crippen LogP contribution in [0, 0.1) is 20.8 Å². The highest BCUT2D eigenvalue weighted by atomic mass is 32.1. The highest BCUT2D eigenvalue weighted by Crippen LogP contribution is 2.28. The van der Waals surface area contributed by atoms with E-state index < -0.39 is 17.6 Å². The minimum Gasteiger partial charge on any atom is -0.480 e. The summed E-state index contributed by atoms with van der Waals surface area (Å²) >= 11 is 1.13. The van der Waals surface area contributed by atoms with Gasteiger partial charge in [0, 0.05) is 5.69 Å². The number of nitrogens with one attached hydrogen (secondary N) is 1. The zero-order chi connectivity index (χ0) is 20.6. The molecular formula is C20H21N3O4S. The van der Waals surface area contributed by atoms with E-state index in [-0.39, 0.29) is 17.7 Å². The van der Waals surface area contributed by atoms with E-state index in [2.05, 4.69) is 10.3 Å². The molecule has 146 valence electrons. The molecule has 0 saturated heterocycles. The van der Waals surface area contributed by atoms with Crippen LogP contribution in [0.1, 0.15) is 45.7 Å². The van der Waals surface area contributed by atoms with E-state index in [4.69, 9.17) is 0 Å². The number of aliphatic carboxylic acids is 1. The number of hydrogen-bond donors (Lipinski definition) is 2. The van der Waals surface area contributed by atoms with Gasteiger partial charge in [-0.25, -0.2) is 9.78 Å². The maximum atomic E-state index is 12.9. The van der Waals surface area contributed by atoms with Crippen molar-refractivity contribution in [2.75, 3.05) is 5.32 Å². The van der Waals surface area contributed by atoms with Crippen LogP contribution < -0.4 is 10.9 Å². The summed E-state index contributed by atoms with van der Waals surface area (Å²) < 4.78 is 1.12. The number of fused-ring (bicyclic) bond motifs is 1. The maximum absolute atomic E-state index is 12.9. The molecule has 0 fully saturated rings. The summed E-state index contributed by atoms with van der Waals surface area (Å²) in [6.07, 6.45) is 1.50. The number of amides is 1. The largest absolute Gasteiger partial charge is 0.480 e. The van der Waals surface area contributed by atoms with Crippen molar-refractivity contribution in [3.05, 3.63) is 56.4 Å². The average Bonchev–Trinajstić information content (AvgIpc) is 2.97. The molecule has 2 aromatic heterocycles. The lowest BCUT2D eigenvalue weighted by molar-refractivity contribution is -0.141. The molecular weight excluding hydrogens is 378 g/mol. The van der Waals surface area contributed by atoms with Crippen molar-refractivity contribution in [1.82, 2.24) is 9.55 Å². The third kappa shape index (κ3) is 3.43. The first kappa shape index (κ1) is 19.8. The van der Waals surface area contributed by atoms with Gasteiger partial charge in [-0.15, -0.1) is 11.3 Å². The molecule has 0 bridgehead atoms. The highest BCUT2D eigenvalue weighted by molar-refractivity contribution is 7.20. The first-order valence-electron chi connectivity index (χ1n) is 8.86. The molecule has 3 aromatic rings. The zero-order valence-corrected chi connectivity index (χ0v) is 16.9. The molecule has 2 N–H and O–H groups in total. The molecule has 28 heavy (non-hydrogen) atoms. The van der Waals surface area contributed by atoms with Crippen LogP contribution >= 0.6 is 11.3 Å². The van der Waals surface area contributed by atoms with Gasteiger partial charge in [-0.3, -0.25) is 14.2 Å². The summed E-state index contributed by atoms with van der Waals surface area (Å²) in [5, 5.41) is 12.5. The van der Waals surface area contributed by atoms with Crippen LogP contribution in [0.4, 0.5) is 5.69 Å². The van der Waals surface area contributed by atoms with Gasteiger partial charge in [-0.1, -0.05) is 24.6 Å². The number of thiophene rings is 1. The number of carbonyl (C=O) groups is 2. The second-order valence-corrected chi connectivity index (χ2v) is 7.73. The van der Waals surface area contributed by atoms with E-state index >= 15 is 0 Å². The fourth-order valence-corrected chi connectivity index (χ4v) is 4.23.